The number of hydrogen-bond donors (Lipinski definition) is 0. The number of hydrogen-bond acceptors (Lipinski definition) is 3. The predicted octanol–water partition coefficient (Wildman–Crippen LogP) is 3.98. The zero-order valence-corrected chi connectivity index (χ0v) is 19.3. The van der Waals surface area contributed by atoms with Crippen LogP contribution in [0.1, 0.15) is 22.5 Å². The van der Waals surface area contributed by atoms with E-state index in [4.69, 9.17) is 4.98 Å². The normalized spacial score (nSPS) is 11.0. The highest BCUT2D eigenvalue weighted by atomic mass is 16.2. The number of imidazole rings is 1. The van der Waals surface area contributed by atoms with Crippen molar-refractivity contribution in [1.29, 1.82) is 0 Å². The molecule has 0 radical (unpaired) electrons. The molecule has 2 heterocycles. The first-order valence-electron chi connectivity index (χ1n) is 11.0. The van der Waals surface area contributed by atoms with E-state index in [0.29, 0.717) is 17.0 Å². The highest BCUT2D eigenvalue weighted by Crippen LogP contribution is 2.36. The van der Waals surface area contributed by atoms with Crippen LogP contribution in [0.15, 0.2) is 101 Å². The molecule has 0 aliphatic rings. The molecular formula is C28H24N4O2. The summed E-state index contributed by atoms with van der Waals surface area (Å²) < 4.78 is 4.34. The van der Waals surface area contributed by atoms with E-state index in [2.05, 4.69) is 24.3 Å². The molecule has 0 saturated carbocycles. The predicted molar refractivity (Wildman–Crippen MR) is 136 cm³/mol. The van der Waals surface area contributed by atoms with Crippen LogP contribution in [0.3, 0.4) is 0 Å². The smallest absolute Gasteiger partial charge is 0.321 e. The molecule has 3 aromatic carbocycles. The summed E-state index contributed by atoms with van der Waals surface area (Å²) in [6, 6.07) is 30.3. The van der Waals surface area contributed by atoms with Crippen LogP contribution < -0.4 is 11.2 Å². The van der Waals surface area contributed by atoms with E-state index >= 15 is 0 Å². The highest BCUT2D eigenvalue weighted by Gasteiger charge is 2.23. The minimum absolute atomic E-state index is 0.361. The van der Waals surface area contributed by atoms with Crippen LogP contribution in [0.4, 0.5) is 0 Å². The van der Waals surface area contributed by atoms with E-state index in [9.17, 15) is 9.59 Å². The molecule has 0 fully saturated rings. The Morgan fingerprint density at radius 1 is 0.588 bits per heavy atom. The molecule has 0 aliphatic carbocycles. The Labute approximate surface area is 196 Å². The van der Waals surface area contributed by atoms with Crippen molar-refractivity contribution >= 4 is 22.3 Å². The van der Waals surface area contributed by atoms with Crippen LogP contribution in [-0.2, 0) is 21.1 Å². The van der Waals surface area contributed by atoms with E-state index in [1.807, 2.05) is 73.8 Å². The fraction of sp³-hybridized carbons (Fsp3) is 0.107. The van der Waals surface area contributed by atoms with Gasteiger partial charge >= 0.3 is 5.69 Å². The number of fused-ring (bicyclic) bond motifs is 1. The van der Waals surface area contributed by atoms with Gasteiger partial charge in [0.05, 0.1) is 0 Å². The Bertz CT molecular complexity index is 1600. The molecular weight excluding hydrogens is 424 g/mol. The molecule has 0 saturated heterocycles. The Morgan fingerprint density at radius 2 is 1.03 bits per heavy atom. The average Bonchev–Trinajstić information content (AvgIpc) is 3.23. The Kier molecular flexibility index (Phi) is 5.34. The van der Waals surface area contributed by atoms with Crippen molar-refractivity contribution in [2.75, 3.05) is 0 Å². The third-order valence-corrected chi connectivity index (χ3v) is 6.14. The molecule has 0 amide bonds. The molecule has 0 bridgehead atoms. The minimum atomic E-state index is -0.404. The topological polar surface area (TPSA) is 61.8 Å². The van der Waals surface area contributed by atoms with Gasteiger partial charge in [0.1, 0.15) is 5.82 Å². The van der Waals surface area contributed by atoms with Gasteiger partial charge in [-0.15, -0.1) is 0 Å². The number of aromatic nitrogens is 4. The standard InChI is InChI=1S/C28H24N4O2/c1-30-24-26(31(2)28(34)32(3)27(24)33)29-25(30)23(21-17-11-6-12-18-21)22(19-13-7-4-8-14-19)20-15-9-5-10-16-20/h4-18H,1-3H3. The van der Waals surface area contributed by atoms with Crippen molar-refractivity contribution in [2.45, 2.75) is 0 Å². The molecule has 5 aromatic rings. The quantitative estimate of drug-likeness (QED) is 0.391. The summed E-state index contributed by atoms with van der Waals surface area (Å²) in [6.45, 7) is 0. The largest absolute Gasteiger partial charge is 0.332 e. The van der Waals surface area contributed by atoms with Crippen molar-refractivity contribution in [2.24, 2.45) is 21.1 Å². The van der Waals surface area contributed by atoms with E-state index in [1.54, 1.807) is 11.6 Å². The van der Waals surface area contributed by atoms with E-state index < -0.39 is 5.69 Å². The van der Waals surface area contributed by atoms with Gasteiger partial charge in [0, 0.05) is 32.3 Å². The van der Waals surface area contributed by atoms with Crippen LogP contribution in [0, 0.1) is 0 Å². The van der Waals surface area contributed by atoms with Crippen LogP contribution in [0.25, 0.3) is 22.3 Å². The van der Waals surface area contributed by atoms with Gasteiger partial charge in [-0.1, -0.05) is 91.0 Å². The molecule has 0 atom stereocenters. The fourth-order valence-electron chi connectivity index (χ4n) is 4.40. The molecule has 0 spiro atoms. The maximum atomic E-state index is 13.1. The second kappa shape index (κ2) is 8.48. The Balaban J connectivity index is 1.99. The molecule has 2 aromatic heterocycles. The van der Waals surface area contributed by atoms with Crippen molar-refractivity contribution in [3.8, 4) is 0 Å². The number of rotatable bonds is 4. The highest BCUT2D eigenvalue weighted by molar-refractivity contribution is 6.04. The maximum Gasteiger partial charge on any atom is 0.332 e. The lowest BCUT2D eigenvalue weighted by molar-refractivity contribution is 0.705. The lowest BCUT2D eigenvalue weighted by atomic mass is 9.89. The molecule has 0 unspecified atom stereocenters. The molecule has 168 valence electrons. The minimum Gasteiger partial charge on any atom is -0.321 e. The van der Waals surface area contributed by atoms with Crippen LogP contribution >= 0.6 is 0 Å². The van der Waals surface area contributed by atoms with Crippen LogP contribution in [-0.4, -0.2) is 18.7 Å². The van der Waals surface area contributed by atoms with Gasteiger partial charge in [-0.25, -0.2) is 9.78 Å². The average molecular weight is 449 g/mol. The number of nitrogens with zero attached hydrogens (tertiary/aromatic N) is 4. The second-order valence-electron chi connectivity index (χ2n) is 8.22. The first-order valence-corrected chi connectivity index (χ1v) is 11.0. The van der Waals surface area contributed by atoms with Gasteiger partial charge < -0.3 is 4.57 Å². The molecule has 6 nitrogen and oxygen atoms in total. The van der Waals surface area contributed by atoms with E-state index in [-0.39, 0.29) is 5.56 Å². The zero-order valence-electron chi connectivity index (χ0n) is 19.3. The van der Waals surface area contributed by atoms with Crippen molar-refractivity contribution in [1.82, 2.24) is 18.7 Å². The van der Waals surface area contributed by atoms with E-state index in [0.717, 1.165) is 32.4 Å². The van der Waals surface area contributed by atoms with Gasteiger partial charge in [0.15, 0.2) is 11.2 Å². The molecule has 34 heavy (non-hydrogen) atoms. The molecule has 0 aliphatic heterocycles. The van der Waals surface area contributed by atoms with Gasteiger partial charge in [-0.3, -0.25) is 13.9 Å². The van der Waals surface area contributed by atoms with E-state index in [1.165, 1.54) is 11.6 Å². The summed E-state index contributed by atoms with van der Waals surface area (Å²) in [6.07, 6.45) is 0. The monoisotopic (exact) mass is 448 g/mol. The van der Waals surface area contributed by atoms with Gasteiger partial charge in [0.25, 0.3) is 5.56 Å². The van der Waals surface area contributed by atoms with Crippen molar-refractivity contribution < 1.29 is 0 Å². The lowest BCUT2D eigenvalue weighted by Gasteiger charge is -2.17. The SMILES string of the molecule is Cn1c(=O)c2c(nc(C(=C(c3ccccc3)c3ccccc3)c3ccccc3)n2C)n(C)c1=O. The van der Waals surface area contributed by atoms with Crippen molar-refractivity contribution in [3.05, 3.63) is 134 Å². The Hall–Kier alpha value is -4.45. The van der Waals surface area contributed by atoms with Crippen LogP contribution in [0.5, 0.6) is 0 Å². The summed E-state index contributed by atoms with van der Waals surface area (Å²) in [4.78, 5) is 30.6. The first-order chi connectivity index (χ1) is 16.5. The Morgan fingerprint density at radius 3 is 1.50 bits per heavy atom. The zero-order chi connectivity index (χ0) is 23.8. The van der Waals surface area contributed by atoms with Gasteiger partial charge in [-0.2, -0.15) is 0 Å². The summed E-state index contributed by atoms with van der Waals surface area (Å²) >= 11 is 0. The fourth-order valence-corrected chi connectivity index (χ4v) is 4.40. The number of benzene rings is 3. The molecule has 5 rings (SSSR count). The summed E-state index contributed by atoms with van der Waals surface area (Å²) in [5.74, 6) is 0.613. The van der Waals surface area contributed by atoms with Gasteiger partial charge in [0.2, 0.25) is 0 Å². The first kappa shape index (κ1) is 21.4. The molecule has 0 N–H and O–H groups in total. The van der Waals surface area contributed by atoms with Crippen LogP contribution in [0.2, 0.25) is 0 Å². The van der Waals surface area contributed by atoms with Gasteiger partial charge in [-0.05, 0) is 16.7 Å². The third kappa shape index (κ3) is 3.40. The summed E-state index contributed by atoms with van der Waals surface area (Å²) in [7, 11) is 4.96. The third-order valence-electron chi connectivity index (χ3n) is 6.14. The number of aryl methyl sites for hydroxylation is 2. The van der Waals surface area contributed by atoms with Crippen molar-refractivity contribution in [3.63, 3.8) is 0 Å². The molecule has 6 heteroatoms. The summed E-state index contributed by atoms with van der Waals surface area (Å²) in [5.41, 5.74) is 4.87. The maximum absolute atomic E-state index is 13.1. The lowest BCUT2D eigenvalue weighted by Crippen LogP contribution is -2.37. The second-order valence-corrected chi connectivity index (χ2v) is 8.22. The summed E-state index contributed by atoms with van der Waals surface area (Å²) in [5, 5.41) is 0.